The van der Waals surface area contributed by atoms with Crippen molar-refractivity contribution in [2.45, 2.75) is 71.4 Å². The van der Waals surface area contributed by atoms with Crippen LogP contribution in [-0.2, 0) is 11.3 Å². The highest BCUT2D eigenvalue weighted by Gasteiger charge is 2.25. The van der Waals surface area contributed by atoms with E-state index in [1.54, 1.807) is 0 Å². The van der Waals surface area contributed by atoms with E-state index in [1.807, 2.05) is 36.1 Å². The first-order valence-electron chi connectivity index (χ1n) is 10.6. The minimum absolute atomic E-state index is 0.205. The Balaban J connectivity index is 1.96. The average Bonchev–Trinajstić information content (AvgIpc) is 3.11. The molecule has 6 heteroatoms. The molecule has 2 rings (SSSR count). The lowest BCUT2D eigenvalue weighted by Crippen LogP contribution is -2.47. The van der Waals surface area contributed by atoms with Crippen LogP contribution in [0.15, 0.2) is 29.3 Å². The van der Waals surface area contributed by atoms with E-state index in [2.05, 4.69) is 29.5 Å². The molecule has 6 nitrogen and oxygen atoms in total. The van der Waals surface area contributed by atoms with Crippen molar-refractivity contribution in [1.29, 1.82) is 0 Å². The van der Waals surface area contributed by atoms with Crippen LogP contribution in [0.3, 0.4) is 0 Å². The van der Waals surface area contributed by atoms with Crippen molar-refractivity contribution in [2.75, 3.05) is 24.5 Å². The number of nitrogens with one attached hydrogen (secondary N) is 2. The van der Waals surface area contributed by atoms with E-state index in [1.165, 1.54) is 0 Å². The topological polar surface area (TPSA) is 77.0 Å². The summed E-state index contributed by atoms with van der Waals surface area (Å²) in [6.07, 6.45) is 5.06. The monoisotopic (exact) mass is 388 g/mol. The predicted octanol–water partition coefficient (Wildman–Crippen LogP) is 3.20. The molecule has 0 bridgehead atoms. The van der Waals surface area contributed by atoms with Crippen molar-refractivity contribution in [3.05, 3.63) is 29.8 Å². The second-order valence-corrected chi connectivity index (χ2v) is 7.59. The summed E-state index contributed by atoms with van der Waals surface area (Å²) >= 11 is 0. The van der Waals surface area contributed by atoms with Gasteiger partial charge in [0.15, 0.2) is 5.96 Å². The van der Waals surface area contributed by atoms with Gasteiger partial charge < -0.3 is 20.6 Å². The molecule has 0 aliphatic carbocycles. The highest BCUT2D eigenvalue weighted by Crippen LogP contribution is 2.22. The van der Waals surface area contributed by atoms with Crippen molar-refractivity contribution in [2.24, 2.45) is 4.99 Å². The van der Waals surface area contributed by atoms with Crippen molar-refractivity contribution in [3.63, 3.8) is 0 Å². The van der Waals surface area contributed by atoms with E-state index in [0.29, 0.717) is 25.5 Å². The minimum Gasteiger partial charge on any atom is -0.388 e. The molecular formula is C22H36N4O2. The molecule has 1 saturated heterocycles. The van der Waals surface area contributed by atoms with Gasteiger partial charge in [0, 0.05) is 31.7 Å². The summed E-state index contributed by atoms with van der Waals surface area (Å²) in [5.41, 5.74) is 1.36. The number of guanidine groups is 1. The highest BCUT2D eigenvalue weighted by atomic mass is 16.3. The van der Waals surface area contributed by atoms with Crippen LogP contribution in [0.4, 0.5) is 5.69 Å². The first-order chi connectivity index (χ1) is 13.5. The maximum atomic E-state index is 11.9. The Bertz CT molecular complexity index is 636. The third kappa shape index (κ3) is 6.51. The Labute approximate surface area is 169 Å². The molecular weight excluding hydrogens is 352 g/mol. The van der Waals surface area contributed by atoms with Crippen molar-refractivity contribution in [3.8, 4) is 0 Å². The molecule has 0 saturated carbocycles. The first-order valence-corrected chi connectivity index (χ1v) is 10.6. The number of carbonyl (C=O) groups is 1. The van der Waals surface area contributed by atoms with Crippen LogP contribution in [0.25, 0.3) is 0 Å². The minimum atomic E-state index is -0.691. The summed E-state index contributed by atoms with van der Waals surface area (Å²) in [6, 6.07) is 8.04. The zero-order chi connectivity index (χ0) is 20.4. The third-order valence-corrected chi connectivity index (χ3v) is 5.10. The Kier molecular flexibility index (Phi) is 8.77. The molecule has 1 fully saturated rings. The Morgan fingerprint density at radius 1 is 1.14 bits per heavy atom. The van der Waals surface area contributed by atoms with E-state index >= 15 is 0 Å². The van der Waals surface area contributed by atoms with Crippen molar-refractivity contribution in [1.82, 2.24) is 10.6 Å². The lowest BCUT2D eigenvalue weighted by atomic mass is 9.93. The summed E-state index contributed by atoms with van der Waals surface area (Å²) in [4.78, 5) is 18.4. The van der Waals surface area contributed by atoms with Gasteiger partial charge >= 0.3 is 0 Å². The third-order valence-electron chi connectivity index (χ3n) is 5.10. The largest absolute Gasteiger partial charge is 0.388 e. The Hall–Kier alpha value is -2.08. The number of anilines is 1. The van der Waals surface area contributed by atoms with Crippen LogP contribution in [0.1, 0.15) is 64.9 Å². The molecule has 0 unspecified atom stereocenters. The molecule has 0 radical (unpaired) electrons. The van der Waals surface area contributed by atoms with Gasteiger partial charge in [-0.05, 0) is 43.9 Å². The van der Waals surface area contributed by atoms with E-state index in [-0.39, 0.29) is 5.91 Å². The fourth-order valence-corrected chi connectivity index (χ4v) is 3.70. The lowest BCUT2D eigenvalue weighted by Gasteiger charge is -2.28. The van der Waals surface area contributed by atoms with Crippen LogP contribution in [0, 0.1) is 0 Å². The molecule has 0 aromatic heterocycles. The number of aliphatic imine (C=N–C) groups is 1. The number of hydrogen-bond donors (Lipinski definition) is 3. The van der Waals surface area contributed by atoms with Crippen LogP contribution < -0.4 is 15.5 Å². The first kappa shape index (κ1) is 22.2. The number of aliphatic hydroxyl groups is 1. The maximum absolute atomic E-state index is 11.9. The summed E-state index contributed by atoms with van der Waals surface area (Å²) in [5, 5.41) is 17.3. The van der Waals surface area contributed by atoms with E-state index in [4.69, 9.17) is 0 Å². The normalized spacial score (nSPS) is 15.2. The van der Waals surface area contributed by atoms with Gasteiger partial charge in [0.2, 0.25) is 5.91 Å². The molecule has 1 aromatic carbocycles. The van der Waals surface area contributed by atoms with Gasteiger partial charge in [0.1, 0.15) is 0 Å². The molecule has 0 atom stereocenters. The fraction of sp³-hybridized carbons (Fsp3) is 0.636. The number of hydrogen-bond acceptors (Lipinski definition) is 3. The van der Waals surface area contributed by atoms with Gasteiger partial charge in [-0.15, -0.1) is 0 Å². The standard InChI is InChI=1S/C22H36N4O2/c1-4-13-22(28,14-5-2)17-25-21(23-6-3)24-16-18-9-11-19(12-10-18)26-15-7-8-20(26)27/h9-12,28H,4-8,13-17H2,1-3H3,(H2,23,24,25). The van der Waals surface area contributed by atoms with Gasteiger partial charge in [0.25, 0.3) is 0 Å². The Morgan fingerprint density at radius 2 is 1.82 bits per heavy atom. The van der Waals surface area contributed by atoms with Crippen molar-refractivity contribution < 1.29 is 9.90 Å². The molecule has 28 heavy (non-hydrogen) atoms. The van der Waals surface area contributed by atoms with Crippen LogP contribution in [0.5, 0.6) is 0 Å². The Morgan fingerprint density at radius 3 is 2.36 bits per heavy atom. The summed E-state index contributed by atoms with van der Waals surface area (Å²) in [5.74, 6) is 0.919. The lowest BCUT2D eigenvalue weighted by molar-refractivity contribution is -0.117. The SMILES string of the molecule is CCCC(O)(CCC)CNC(=NCc1ccc(N2CCCC2=O)cc1)NCC. The van der Waals surface area contributed by atoms with Crippen LogP contribution in [-0.4, -0.2) is 42.2 Å². The average molecular weight is 389 g/mol. The van der Waals surface area contributed by atoms with Crippen LogP contribution >= 0.6 is 0 Å². The van der Waals surface area contributed by atoms with Crippen LogP contribution in [0.2, 0.25) is 0 Å². The zero-order valence-corrected chi connectivity index (χ0v) is 17.6. The fourth-order valence-electron chi connectivity index (χ4n) is 3.70. The zero-order valence-electron chi connectivity index (χ0n) is 17.6. The molecule has 1 aromatic rings. The molecule has 3 N–H and O–H groups in total. The molecule has 1 heterocycles. The van der Waals surface area contributed by atoms with Gasteiger partial charge in [0.05, 0.1) is 12.1 Å². The maximum Gasteiger partial charge on any atom is 0.227 e. The van der Waals surface area contributed by atoms with Gasteiger partial charge in [-0.3, -0.25) is 4.79 Å². The predicted molar refractivity (Wildman–Crippen MR) is 116 cm³/mol. The summed E-state index contributed by atoms with van der Waals surface area (Å²) in [6.45, 7) is 8.84. The smallest absolute Gasteiger partial charge is 0.227 e. The summed E-state index contributed by atoms with van der Waals surface area (Å²) in [7, 11) is 0. The number of rotatable bonds is 10. The number of carbonyl (C=O) groups excluding carboxylic acids is 1. The molecule has 1 aliphatic rings. The number of benzene rings is 1. The number of nitrogens with zero attached hydrogens (tertiary/aromatic N) is 2. The van der Waals surface area contributed by atoms with E-state index in [9.17, 15) is 9.90 Å². The molecule has 0 spiro atoms. The second-order valence-electron chi connectivity index (χ2n) is 7.59. The molecule has 156 valence electrons. The summed E-state index contributed by atoms with van der Waals surface area (Å²) < 4.78 is 0. The van der Waals surface area contributed by atoms with Gasteiger partial charge in [-0.25, -0.2) is 4.99 Å². The highest BCUT2D eigenvalue weighted by molar-refractivity contribution is 5.95. The molecule has 1 amide bonds. The van der Waals surface area contributed by atoms with Crippen molar-refractivity contribution >= 4 is 17.6 Å². The number of amides is 1. The van der Waals surface area contributed by atoms with Gasteiger partial charge in [-0.2, -0.15) is 0 Å². The quantitative estimate of drug-likeness (QED) is 0.425. The molecule has 1 aliphatic heterocycles. The van der Waals surface area contributed by atoms with E-state index < -0.39 is 5.60 Å². The second kappa shape index (κ2) is 11.1. The van der Waals surface area contributed by atoms with Gasteiger partial charge in [-0.1, -0.05) is 38.8 Å². The van der Waals surface area contributed by atoms with E-state index in [0.717, 1.165) is 56.4 Å².